The molecule has 2 aromatic heterocycles. The molecule has 1 atom stereocenters. The number of aryl methyl sites for hydroxylation is 1. The lowest BCUT2D eigenvalue weighted by Gasteiger charge is -2.24. The van der Waals surface area contributed by atoms with E-state index in [1.54, 1.807) is 44.4 Å². The maximum absolute atomic E-state index is 14.7. The van der Waals surface area contributed by atoms with Gasteiger partial charge in [0.25, 0.3) is 5.91 Å². The average molecular weight is 625 g/mol. The minimum atomic E-state index is -0.496. The van der Waals surface area contributed by atoms with Crippen molar-refractivity contribution >= 4 is 22.8 Å². The van der Waals surface area contributed by atoms with Gasteiger partial charge in [-0.1, -0.05) is 38.1 Å². The molecule has 9 nitrogen and oxygen atoms in total. The molecule has 0 aliphatic carbocycles. The number of hydrogen-bond acceptors (Lipinski definition) is 6. The van der Waals surface area contributed by atoms with E-state index in [1.165, 1.54) is 19.1 Å². The van der Waals surface area contributed by atoms with Gasteiger partial charge in [-0.15, -0.1) is 0 Å². The summed E-state index contributed by atoms with van der Waals surface area (Å²) in [5.74, 6) is 0.667. The van der Waals surface area contributed by atoms with Gasteiger partial charge in [0.15, 0.2) is 5.43 Å². The van der Waals surface area contributed by atoms with Gasteiger partial charge in [-0.3, -0.25) is 14.4 Å². The Hall–Kier alpha value is -5.25. The van der Waals surface area contributed by atoms with Gasteiger partial charge in [-0.25, -0.2) is 9.37 Å². The van der Waals surface area contributed by atoms with Gasteiger partial charge in [0.05, 0.1) is 24.2 Å². The molecule has 0 aliphatic rings. The zero-order chi connectivity index (χ0) is 33.0. The fraction of sp³-hybridized carbons (Fsp3) is 0.278. The first kappa shape index (κ1) is 32.2. The highest BCUT2D eigenvalue weighted by Crippen LogP contribution is 2.33. The number of rotatable bonds is 11. The zero-order valence-corrected chi connectivity index (χ0v) is 26.5. The van der Waals surface area contributed by atoms with Crippen molar-refractivity contribution in [3.63, 3.8) is 0 Å². The smallest absolute Gasteiger partial charge is 0.251 e. The van der Waals surface area contributed by atoms with Crippen molar-refractivity contribution in [3.8, 4) is 17.1 Å². The second kappa shape index (κ2) is 13.8. The van der Waals surface area contributed by atoms with Crippen LogP contribution in [0.15, 0.2) is 82.1 Å². The summed E-state index contributed by atoms with van der Waals surface area (Å²) in [4.78, 5) is 42.8. The fourth-order valence-electron chi connectivity index (χ4n) is 5.40. The first-order chi connectivity index (χ1) is 22.0. The Balaban J connectivity index is 1.52. The number of halogens is 1. The number of imidazole rings is 1. The minimum absolute atomic E-state index is 0.0821. The molecular formula is C36H37FN4O5. The Labute approximate surface area is 266 Å². The molecule has 0 radical (unpaired) electrons. The van der Waals surface area contributed by atoms with Crippen molar-refractivity contribution in [2.24, 2.45) is 5.92 Å². The quantitative estimate of drug-likeness (QED) is 0.187. The maximum atomic E-state index is 14.7. The van der Waals surface area contributed by atoms with E-state index in [4.69, 9.17) is 14.1 Å². The van der Waals surface area contributed by atoms with Crippen molar-refractivity contribution < 1.29 is 23.1 Å². The van der Waals surface area contributed by atoms with Crippen LogP contribution in [0.5, 0.6) is 5.75 Å². The summed E-state index contributed by atoms with van der Waals surface area (Å²) >= 11 is 0. The molecule has 0 saturated heterocycles. The van der Waals surface area contributed by atoms with Crippen molar-refractivity contribution in [2.45, 2.75) is 46.7 Å². The van der Waals surface area contributed by atoms with Gasteiger partial charge in [0.2, 0.25) is 5.91 Å². The lowest BCUT2D eigenvalue weighted by Crippen LogP contribution is -2.23. The molecule has 5 aromatic rings. The maximum Gasteiger partial charge on any atom is 0.251 e. The van der Waals surface area contributed by atoms with Gasteiger partial charge >= 0.3 is 0 Å². The molecule has 2 heterocycles. The van der Waals surface area contributed by atoms with Crippen molar-refractivity contribution in [3.05, 3.63) is 117 Å². The predicted octanol–water partition coefficient (Wildman–Crippen LogP) is 5.97. The van der Waals surface area contributed by atoms with Gasteiger partial charge in [-0.2, -0.15) is 0 Å². The van der Waals surface area contributed by atoms with Crippen LogP contribution in [0.3, 0.4) is 0 Å². The van der Waals surface area contributed by atoms with E-state index in [2.05, 4.69) is 10.6 Å². The average Bonchev–Trinajstić information content (AvgIpc) is 3.43. The Morgan fingerprint density at radius 1 is 1.04 bits per heavy atom. The SMILES string of the molecule is COc1cccc(CNC(=O)c2ccc3c(=O)cc(C(C(C)C)n4cc(CCNC(C)=O)nc4-c4ccc(C)c(F)c4)oc3c2)c1. The molecule has 3 aromatic carbocycles. The molecule has 1 unspecified atom stereocenters. The number of aromatic nitrogens is 2. The lowest BCUT2D eigenvalue weighted by atomic mass is 9.99. The van der Waals surface area contributed by atoms with Crippen LogP contribution in [0.1, 0.15) is 59.8 Å². The Morgan fingerprint density at radius 2 is 1.85 bits per heavy atom. The predicted molar refractivity (Wildman–Crippen MR) is 174 cm³/mol. The van der Waals surface area contributed by atoms with Crippen LogP contribution in [0.2, 0.25) is 0 Å². The monoisotopic (exact) mass is 624 g/mol. The van der Waals surface area contributed by atoms with Crippen LogP contribution < -0.4 is 20.8 Å². The number of ether oxygens (including phenoxy) is 1. The Morgan fingerprint density at radius 3 is 2.57 bits per heavy atom. The molecule has 0 fully saturated rings. The van der Waals surface area contributed by atoms with E-state index < -0.39 is 6.04 Å². The molecule has 238 valence electrons. The highest BCUT2D eigenvalue weighted by atomic mass is 19.1. The number of nitrogens with zero attached hydrogens (tertiary/aromatic N) is 2. The standard InChI is InChI=1S/C36H37FN4O5/c1-21(2)34(41-20-27(13-14-38-23(4)42)40-35(41)25-10-9-22(3)30(37)16-25)33-18-31(43)29-12-11-26(17-32(29)46-33)36(44)39-19-24-7-6-8-28(15-24)45-5/h6-12,15-18,20-21,34H,13-14,19H2,1-5H3,(H,38,42)(H,39,44). The van der Waals surface area contributed by atoms with Gasteiger partial charge in [0.1, 0.15) is 28.7 Å². The first-order valence-corrected chi connectivity index (χ1v) is 15.1. The molecule has 0 bridgehead atoms. The molecule has 2 amide bonds. The van der Waals surface area contributed by atoms with Crippen LogP contribution in [0.4, 0.5) is 4.39 Å². The summed E-state index contributed by atoms with van der Waals surface area (Å²) in [5, 5.41) is 6.03. The normalized spacial score (nSPS) is 11.9. The number of benzene rings is 3. The van der Waals surface area contributed by atoms with Gasteiger partial charge in [0, 0.05) is 49.8 Å². The molecular weight excluding hydrogens is 587 g/mol. The second-order valence-electron chi connectivity index (χ2n) is 11.6. The number of nitrogens with one attached hydrogen (secondary N) is 2. The van der Waals surface area contributed by atoms with Crippen LogP contribution in [-0.2, 0) is 17.8 Å². The van der Waals surface area contributed by atoms with Crippen LogP contribution >= 0.6 is 0 Å². The largest absolute Gasteiger partial charge is 0.497 e. The molecule has 0 spiro atoms. The zero-order valence-electron chi connectivity index (χ0n) is 26.5. The number of methoxy groups -OCH3 is 1. The molecule has 10 heteroatoms. The highest BCUT2D eigenvalue weighted by Gasteiger charge is 2.26. The molecule has 2 N–H and O–H groups in total. The van der Waals surface area contributed by atoms with Crippen molar-refractivity contribution in [1.29, 1.82) is 0 Å². The van der Waals surface area contributed by atoms with Gasteiger partial charge < -0.3 is 24.4 Å². The second-order valence-corrected chi connectivity index (χ2v) is 11.6. The minimum Gasteiger partial charge on any atom is -0.497 e. The molecule has 5 rings (SSSR count). The van der Waals surface area contributed by atoms with Crippen molar-refractivity contribution in [2.75, 3.05) is 13.7 Å². The number of carbonyl (C=O) groups excluding carboxylic acids is 2. The number of amides is 2. The van der Waals surface area contributed by atoms with Crippen molar-refractivity contribution in [1.82, 2.24) is 20.2 Å². The third-order valence-electron chi connectivity index (χ3n) is 7.79. The third kappa shape index (κ3) is 7.17. The summed E-state index contributed by atoms with van der Waals surface area (Å²) in [7, 11) is 1.59. The van der Waals surface area contributed by atoms with E-state index in [9.17, 15) is 18.8 Å². The highest BCUT2D eigenvalue weighted by molar-refractivity contribution is 5.97. The summed E-state index contributed by atoms with van der Waals surface area (Å²) < 4.78 is 28.3. The summed E-state index contributed by atoms with van der Waals surface area (Å²) in [6.45, 7) is 7.81. The van der Waals surface area contributed by atoms with E-state index in [0.717, 1.165) is 5.56 Å². The molecule has 0 aliphatic heterocycles. The third-order valence-corrected chi connectivity index (χ3v) is 7.79. The fourth-order valence-corrected chi connectivity index (χ4v) is 5.40. The number of fused-ring (bicyclic) bond motifs is 1. The van der Waals surface area contributed by atoms with Crippen LogP contribution in [-0.4, -0.2) is 35.0 Å². The number of carbonyl (C=O) groups is 2. The lowest BCUT2D eigenvalue weighted by molar-refractivity contribution is -0.118. The van der Waals surface area contributed by atoms with Crippen LogP contribution in [0.25, 0.3) is 22.4 Å². The summed E-state index contributed by atoms with van der Waals surface area (Å²) in [5.41, 5.74) is 3.01. The summed E-state index contributed by atoms with van der Waals surface area (Å²) in [6.07, 6.45) is 2.31. The first-order valence-electron chi connectivity index (χ1n) is 15.1. The van der Waals surface area contributed by atoms with E-state index in [-0.39, 0.29) is 34.6 Å². The van der Waals surface area contributed by atoms with Gasteiger partial charge in [-0.05, 0) is 60.4 Å². The van der Waals surface area contributed by atoms with E-state index in [0.29, 0.717) is 64.6 Å². The van der Waals surface area contributed by atoms with Crippen LogP contribution in [0, 0.1) is 18.7 Å². The van der Waals surface area contributed by atoms with E-state index >= 15 is 0 Å². The van der Waals surface area contributed by atoms with E-state index in [1.807, 2.05) is 48.9 Å². The Bertz CT molecular complexity index is 1960. The molecule has 46 heavy (non-hydrogen) atoms. The number of hydrogen-bond donors (Lipinski definition) is 2. The topological polar surface area (TPSA) is 115 Å². The Kier molecular flexibility index (Phi) is 9.65. The summed E-state index contributed by atoms with van der Waals surface area (Å²) in [6, 6.07) is 18.1. The molecule has 0 saturated carbocycles.